The van der Waals surface area contributed by atoms with E-state index in [2.05, 4.69) is 18.2 Å². The van der Waals surface area contributed by atoms with Crippen molar-refractivity contribution in [2.75, 3.05) is 0 Å². The van der Waals surface area contributed by atoms with E-state index in [0.29, 0.717) is 0 Å². The van der Waals surface area contributed by atoms with Crippen LogP contribution in [0.5, 0.6) is 0 Å². The first kappa shape index (κ1) is 8.61. The molecule has 2 aliphatic carbocycles. The van der Waals surface area contributed by atoms with Crippen LogP contribution in [-0.2, 0) is 0 Å². The predicted octanol–water partition coefficient (Wildman–Crippen LogP) is 3.74. The maximum Gasteiger partial charge on any atom is 0.130 e. The molecule has 0 radical (unpaired) electrons. The van der Waals surface area contributed by atoms with E-state index in [9.17, 15) is 0 Å². The molecule has 0 amide bonds. The summed E-state index contributed by atoms with van der Waals surface area (Å²) >= 11 is 0. The Kier molecular flexibility index (Phi) is 2.03. The Labute approximate surface area is 79.4 Å². The van der Waals surface area contributed by atoms with Crippen molar-refractivity contribution in [1.82, 2.24) is 0 Å². The van der Waals surface area contributed by atoms with E-state index in [1.807, 2.05) is 20.8 Å². The molecular weight excluding hydrogens is 160 g/mol. The number of aryl methyl sites for hydroxylation is 1. The second-order valence-corrected chi connectivity index (χ2v) is 3.54. The lowest BCUT2D eigenvalue weighted by atomic mass is 10.1. The van der Waals surface area contributed by atoms with Gasteiger partial charge < -0.3 is 4.42 Å². The van der Waals surface area contributed by atoms with E-state index in [0.717, 1.165) is 23.4 Å². The summed E-state index contributed by atoms with van der Waals surface area (Å²) in [6.07, 6.45) is 5.73. The first-order valence-corrected chi connectivity index (χ1v) is 5.13. The Morgan fingerprint density at radius 1 is 1.38 bits per heavy atom. The van der Waals surface area contributed by atoms with E-state index in [4.69, 9.17) is 4.42 Å². The third-order valence-corrected chi connectivity index (χ3v) is 2.65. The molecule has 1 heterocycles. The molecular formula is C12H16O. The van der Waals surface area contributed by atoms with Crippen molar-refractivity contribution in [2.45, 2.75) is 33.1 Å². The lowest BCUT2D eigenvalue weighted by Crippen LogP contribution is -1.85. The average Bonchev–Trinajstić information content (AvgIpc) is 2.85. The zero-order valence-corrected chi connectivity index (χ0v) is 8.50. The van der Waals surface area contributed by atoms with Crippen LogP contribution in [0.2, 0.25) is 0 Å². The molecule has 1 nitrogen and oxygen atoms in total. The highest BCUT2D eigenvalue weighted by molar-refractivity contribution is 5.56. The van der Waals surface area contributed by atoms with Gasteiger partial charge in [0.05, 0.1) is 0 Å². The molecule has 0 spiro atoms. The lowest BCUT2D eigenvalue weighted by molar-refractivity contribution is 0.520. The van der Waals surface area contributed by atoms with Crippen LogP contribution < -0.4 is 0 Å². The van der Waals surface area contributed by atoms with Gasteiger partial charge in [-0.25, -0.2) is 0 Å². The summed E-state index contributed by atoms with van der Waals surface area (Å²) in [4.78, 5) is 0. The van der Waals surface area contributed by atoms with Gasteiger partial charge in [-0.15, -0.1) is 0 Å². The van der Waals surface area contributed by atoms with E-state index in [-0.39, 0.29) is 0 Å². The van der Waals surface area contributed by atoms with Crippen molar-refractivity contribution < 1.29 is 4.42 Å². The van der Waals surface area contributed by atoms with Crippen molar-refractivity contribution in [3.8, 4) is 0 Å². The normalized spacial score (nSPS) is 27.0. The predicted molar refractivity (Wildman–Crippen MR) is 54.7 cm³/mol. The SMILES string of the molecule is CC.Cc1cc2c(o1)C=CC1CC21. The molecule has 1 saturated carbocycles. The fraction of sp³-hybridized carbons (Fsp3) is 0.500. The molecule has 70 valence electrons. The van der Waals surface area contributed by atoms with Crippen LogP contribution in [0.3, 0.4) is 0 Å². The first-order valence-electron chi connectivity index (χ1n) is 5.13. The molecule has 0 aliphatic heterocycles. The molecule has 0 saturated heterocycles. The van der Waals surface area contributed by atoms with Gasteiger partial charge in [0.25, 0.3) is 0 Å². The number of fused-ring (bicyclic) bond motifs is 3. The molecule has 0 aromatic carbocycles. The van der Waals surface area contributed by atoms with Crippen molar-refractivity contribution in [2.24, 2.45) is 5.92 Å². The van der Waals surface area contributed by atoms with Gasteiger partial charge in [0.15, 0.2) is 0 Å². The lowest BCUT2D eigenvalue weighted by Gasteiger charge is -1.99. The Morgan fingerprint density at radius 2 is 2.15 bits per heavy atom. The summed E-state index contributed by atoms with van der Waals surface area (Å²) in [7, 11) is 0. The van der Waals surface area contributed by atoms with Crippen molar-refractivity contribution >= 4 is 6.08 Å². The minimum absolute atomic E-state index is 0.799. The smallest absolute Gasteiger partial charge is 0.130 e. The minimum Gasteiger partial charge on any atom is -0.462 e. The largest absolute Gasteiger partial charge is 0.462 e. The standard InChI is InChI=1S/C10H10O.C2H6/c1-6-4-9-8-5-7(8)2-3-10(9)11-6;1-2/h2-4,7-8H,5H2,1H3;1-2H3. The van der Waals surface area contributed by atoms with Crippen molar-refractivity contribution in [1.29, 1.82) is 0 Å². The van der Waals surface area contributed by atoms with E-state index < -0.39 is 0 Å². The summed E-state index contributed by atoms with van der Waals surface area (Å²) in [6.45, 7) is 6.02. The molecule has 1 aromatic rings. The zero-order valence-electron chi connectivity index (χ0n) is 8.50. The van der Waals surface area contributed by atoms with Crippen LogP contribution in [0.15, 0.2) is 16.6 Å². The topological polar surface area (TPSA) is 13.1 Å². The van der Waals surface area contributed by atoms with Gasteiger partial charge in [-0.3, -0.25) is 0 Å². The number of allylic oxidation sites excluding steroid dienone is 1. The summed E-state index contributed by atoms with van der Waals surface area (Å²) in [5.74, 6) is 3.78. The molecule has 3 rings (SSSR count). The van der Waals surface area contributed by atoms with Gasteiger partial charge in [0, 0.05) is 5.56 Å². The summed E-state index contributed by atoms with van der Waals surface area (Å²) in [6, 6.07) is 2.18. The molecule has 1 aromatic heterocycles. The molecule has 1 heteroatoms. The number of hydrogen-bond acceptors (Lipinski definition) is 1. The zero-order chi connectivity index (χ0) is 9.42. The second-order valence-electron chi connectivity index (χ2n) is 3.54. The maximum atomic E-state index is 5.52. The Balaban J connectivity index is 0.000000308. The Bertz CT molecular complexity index is 333. The summed E-state index contributed by atoms with van der Waals surface area (Å²) in [5.41, 5.74) is 1.44. The molecule has 2 atom stereocenters. The van der Waals surface area contributed by atoms with Gasteiger partial charge in [-0.2, -0.15) is 0 Å². The van der Waals surface area contributed by atoms with Gasteiger partial charge in [-0.05, 0) is 37.3 Å². The van der Waals surface area contributed by atoms with Crippen LogP contribution in [-0.4, -0.2) is 0 Å². The minimum atomic E-state index is 0.799. The third kappa shape index (κ3) is 1.32. The Hall–Kier alpha value is -0.980. The number of furan rings is 1. The van der Waals surface area contributed by atoms with E-state index in [1.165, 1.54) is 12.0 Å². The highest BCUT2D eigenvalue weighted by atomic mass is 16.3. The van der Waals surface area contributed by atoms with Crippen LogP contribution in [0.4, 0.5) is 0 Å². The fourth-order valence-electron chi connectivity index (χ4n) is 1.97. The van der Waals surface area contributed by atoms with E-state index >= 15 is 0 Å². The van der Waals surface area contributed by atoms with Crippen LogP contribution in [0, 0.1) is 12.8 Å². The van der Waals surface area contributed by atoms with Gasteiger partial charge in [0.2, 0.25) is 0 Å². The summed E-state index contributed by atoms with van der Waals surface area (Å²) < 4.78 is 5.52. The first-order chi connectivity index (χ1) is 6.34. The highest BCUT2D eigenvalue weighted by Crippen LogP contribution is 2.53. The van der Waals surface area contributed by atoms with Crippen LogP contribution in [0.25, 0.3) is 6.08 Å². The van der Waals surface area contributed by atoms with Gasteiger partial charge >= 0.3 is 0 Å². The van der Waals surface area contributed by atoms with Crippen molar-refractivity contribution in [3.63, 3.8) is 0 Å². The molecule has 1 fully saturated rings. The van der Waals surface area contributed by atoms with Gasteiger partial charge in [-0.1, -0.05) is 19.9 Å². The highest BCUT2D eigenvalue weighted by Gasteiger charge is 2.40. The molecule has 2 unspecified atom stereocenters. The Morgan fingerprint density at radius 3 is 2.92 bits per heavy atom. The monoisotopic (exact) mass is 176 g/mol. The van der Waals surface area contributed by atoms with E-state index in [1.54, 1.807) is 0 Å². The summed E-state index contributed by atoms with van der Waals surface area (Å²) in [5, 5.41) is 0. The molecule has 0 N–H and O–H groups in total. The van der Waals surface area contributed by atoms with Gasteiger partial charge in [0.1, 0.15) is 11.5 Å². The third-order valence-electron chi connectivity index (χ3n) is 2.65. The number of rotatable bonds is 0. The maximum absolute atomic E-state index is 5.52. The molecule has 0 bridgehead atoms. The van der Waals surface area contributed by atoms with Crippen LogP contribution in [0.1, 0.15) is 43.3 Å². The van der Waals surface area contributed by atoms with Crippen molar-refractivity contribution in [3.05, 3.63) is 29.2 Å². The second kappa shape index (κ2) is 3.06. The van der Waals surface area contributed by atoms with Crippen LogP contribution >= 0.6 is 0 Å². The average molecular weight is 176 g/mol. The molecule has 2 aliphatic rings. The quantitative estimate of drug-likeness (QED) is 0.586. The number of hydrogen-bond donors (Lipinski definition) is 0. The molecule has 13 heavy (non-hydrogen) atoms. The fourth-order valence-corrected chi connectivity index (χ4v) is 1.97.